The summed E-state index contributed by atoms with van der Waals surface area (Å²) in [5.74, 6) is -1.20. The van der Waals surface area contributed by atoms with Crippen molar-refractivity contribution in [2.24, 2.45) is 0 Å². The highest BCUT2D eigenvalue weighted by atomic mass is 16.4. The smallest absolute Gasteiger partial charge is 0.328 e. The molecule has 53 heavy (non-hydrogen) atoms. The van der Waals surface area contributed by atoms with Gasteiger partial charge in [-0.3, -0.25) is 14.4 Å². The number of carboxylic acid groups (broad SMARTS) is 1. The third kappa shape index (κ3) is 7.93. The number of carbonyl (C=O) groups excluding carboxylic acids is 3. The number of piperazine rings is 1. The van der Waals surface area contributed by atoms with E-state index in [0.717, 1.165) is 67.0 Å². The number of benzene rings is 3. The summed E-state index contributed by atoms with van der Waals surface area (Å²) in [6.07, 6.45) is 11.0. The first kappa shape index (κ1) is 36.2. The second kappa shape index (κ2) is 15.8. The fourth-order valence-electron chi connectivity index (χ4n) is 8.46. The second-order valence-corrected chi connectivity index (χ2v) is 15.0. The van der Waals surface area contributed by atoms with E-state index in [1.807, 2.05) is 35.2 Å². The Balaban J connectivity index is 1.23. The van der Waals surface area contributed by atoms with Gasteiger partial charge in [-0.1, -0.05) is 80.6 Å². The monoisotopic (exact) mass is 715 g/mol. The van der Waals surface area contributed by atoms with Gasteiger partial charge in [-0.05, 0) is 85.7 Å². The number of aromatic nitrogens is 1. The summed E-state index contributed by atoms with van der Waals surface area (Å²) in [6, 6.07) is 23.1. The van der Waals surface area contributed by atoms with Crippen LogP contribution in [-0.4, -0.2) is 81.9 Å². The lowest BCUT2D eigenvalue weighted by Crippen LogP contribution is -2.55. The molecular formula is C43H49N5O5. The molecule has 2 saturated carbocycles. The molecule has 10 nitrogen and oxygen atoms in total. The molecule has 4 aromatic rings. The molecule has 1 aliphatic heterocycles. The minimum Gasteiger partial charge on any atom is -0.478 e. The van der Waals surface area contributed by atoms with Crippen LogP contribution in [0.3, 0.4) is 0 Å². The minimum atomic E-state index is -1.07. The highest BCUT2D eigenvalue weighted by Gasteiger charge is 2.43. The van der Waals surface area contributed by atoms with Gasteiger partial charge in [-0.15, -0.1) is 0 Å². The van der Waals surface area contributed by atoms with Crippen LogP contribution in [-0.2, 0) is 20.9 Å². The van der Waals surface area contributed by atoms with E-state index >= 15 is 0 Å². The molecular weight excluding hydrogens is 667 g/mol. The molecule has 2 heterocycles. The number of nitrogens with one attached hydrogen (secondary N) is 2. The molecule has 3 aliphatic rings. The predicted molar refractivity (Wildman–Crippen MR) is 208 cm³/mol. The average Bonchev–Trinajstić information content (AvgIpc) is 3.78. The molecule has 0 atom stereocenters. The van der Waals surface area contributed by atoms with Crippen molar-refractivity contribution in [3.63, 3.8) is 0 Å². The number of anilines is 1. The van der Waals surface area contributed by atoms with Crippen molar-refractivity contribution in [2.45, 2.75) is 75.8 Å². The van der Waals surface area contributed by atoms with E-state index in [1.165, 1.54) is 30.9 Å². The van der Waals surface area contributed by atoms with Crippen LogP contribution in [0.25, 0.3) is 28.2 Å². The first-order valence-electron chi connectivity index (χ1n) is 19.0. The molecule has 7 rings (SSSR count). The Morgan fingerprint density at radius 3 is 2.23 bits per heavy atom. The highest BCUT2D eigenvalue weighted by molar-refractivity contribution is 6.06. The number of aliphatic carboxylic acids is 1. The number of hydrogen-bond donors (Lipinski definition) is 3. The summed E-state index contributed by atoms with van der Waals surface area (Å²) in [7, 11) is 2.08. The van der Waals surface area contributed by atoms with E-state index in [9.17, 15) is 19.2 Å². The van der Waals surface area contributed by atoms with Gasteiger partial charge in [0.15, 0.2) is 0 Å². The Hall–Kier alpha value is -5.22. The van der Waals surface area contributed by atoms with Gasteiger partial charge in [-0.25, -0.2) is 4.79 Å². The Morgan fingerprint density at radius 2 is 1.55 bits per heavy atom. The minimum absolute atomic E-state index is 0.0738. The maximum absolute atomic E-state index is 14.2. The van der Waals surface area contributed by atoms with Gasteiger partial charge < -0.3 is 30.1 Å². The van der Waals surface area contributed by atoms with E-state index in [4.69, 9.17) is 5.11 Å². The van der Waals surface area contributed by atoms with Gasteiger partial charge in [0.25, 0.3) is 5.91 Å². The van der Waals surface area contributed by atoms with Crippen molar-refractivity contribution in [1.29, 1.82) is 0 Å². The summed E-state index contributed by atoms with van der Waals surface area (Å²) in [6.45, 7) is 3.24. The van der Waals surface area contributed by atoms with Crippen LogP contribution < -0.4 is 10.6 Å². The van der Waals surface area contributed by atoms with Crippen LogP contribution in [0.5, 0.6) is 0 Å². The third-order valence-corrected chi connectivity index (χ3v) is 11.4. The second-order valence-electron chi connectivity index (χ2n) is 15.0. The molecule has 3 fully saturated rings. The van der Waals surface area contributed by atoms with Crippen LogP contribution in [0.1, 0.15) is 85.2 Å². The van der Waals surface area contributed by atoms with Crippen molar-refractivity contribution >= 4 is 46.4 Å². The zero-order valence-corrected chi connectivity index (χ0v) is 30.5. The quantitative estimate of drug-likeness (QED) is 0.154. The topological polar surface area (TPSA) is 124 Å². The lowest BCUT2D eigenvalue weighted by atomic mass is 9.81. The number of fused-ring (bicyclic) bond motifs is 1. The normalized spacial score (nSPS) is 18.0. The molecule has 276 valence electrons. The van der Waals surface area contributed by atoms with Crippen LogP contribution in [0, 0.1) is 0 Å². The Morgan fingerprint density at radius 1 is 0.849 bits per heavy atom. The first-order chi connectivity index (χ1) is 25.7. The molecule has 1 saturated heterocycles. The molecule has 1 aromatic heterocycles. The fourth-order valence-corrected chi connectivity index (χ4v) is 8.46. The maximum atomic E-state index is 14.2. The zero-order chi connectivity index (χ0) is 37.0. The number of hydrogen-bond acceptors (Lipinski definition) is 5. The van der Waals surface area contributed by atoms with Gasteiger partial charge in [0.2, 0.25) is 11.8 Å². The van der Waals surface area contributed by atoms with E-state index < -0.39 is 11.5 Å². The SMILES string of the molecule is CN1CCN(C(=O)Cn2c(-c3ccccc3)c(C3CCCCC3)c3ccc(C(=O)NC4(C(=O)Nc5ccc(C=CC(=O)O)cc5)CCCC4)cc32)CC1. The van der Waals surface area contributed by atoms with Crippen LogP contribution in [0.4, 0.5) is 5.69 Å². The van der Waals surface area contributed by atoms with Crippen molar-refractivity contribution in [2.75, 3.05) is 38.5 Å². The Bertz CT molecular complexity index is 2000. The molecule has 0 bridgehead atoms. The van der Waals surface area contributed by atoms with Gasteiger partial charge in [-0.2, -0.15) is 0 Å². The van der Waals surface area contributed by atoms with Crippen LogP contribution in [0.15, 0.2) is 78.9 Å². The zero-order valence-electron chi connectivity index (χ0n) is 30.5. The molecule has 3 N–H and O–H groups in total. The first-order valence-corrected chi connectivity index (χ1v) is 19.0. The molecule has 0 unspecified atom stereocenters. The van der Waals surface area contributed by atoms with Gasteiger partial charge in [0, 0.05) is 48.9 Å². The van der Waals surface area contributed by atoms with Crippen molar-refractivity contribution in [1.82, 2.24) is 19.7 Å². The standard InChI is InChI=1S/C43H49N5O5/c1-46-24-26-47(27-25-46)37(49)29-48-36-28-33(17-20-35(36)39(31-10-4-2-5-11-31)40(48)32-12-6-3-7-13-32)41(52)45-43(22-8-9-23-43)42(53)44-34-18-14-30(15-19-34)16-21-38(50)51/h3,6-7,12-21,28,31H,2,4-5,8-11,22-27,29H2,1H3,(H,44,53)(H,45,52)(H,50,51). The number of likely N-dealkylation sites (N-methyl/N-ethyl adjacent to an activating group) is 1. The third-order valence-electron chi connectivity index (χ3n) is 11.4. The highest BCUT2D eigenvalue weighted by Crippen LogP contribution is 2.44. The van der Waals surface area contributed by atoms with Gasteiger partial charge in [0.1, 0.15) is 12.1 Å². The van der Waals surface area contributed by atoms with Crippen LogP contribution in [0.2, 0.25) is 0 Å². The average molecular weight is 716 g/mol. The summed E-state index contributed by atoms with van der Waals surface area (Å²) < 4.78 is 2.15. The number of nitrogens with zero attached hydrogens (tertiary/aromatic N) is 3. The number of carboxylic acids is 1. The van der Waals surface area contributed by atoms with Crippen LogP contribution >= 0.6 is 0 Å². The van der Waals surface area contributed by atoms with Crippen molar-refractivity contribution < 1.29 is 24.3 Å². The van der Waals surface area contributed by atoms with Gasteiger partial charge >= 0.3 is 5.97 Å². The van der Waals surface area contributed by atoms with Gasteiger partial charge in [0.05, 0.1) is 11.2 Å². The lowest BCUT2D eigenvalue weighted by molar-refractivity contribution is -0.133. The number of carbonyl (C=O) groups is 4. The Labute approximate surface area is 310 Å². The number of rotatable bonds is 10. The summed E-state index contributed by atoms with van der Waals surface area (Å²) >= 11 is 0. The summed E-state index contributed by atoms with van der Waals surface area (Å²) in [5.41, 5.74) is 4.89. The molecule has 0 radical (unpaired) electrons. The maximum Gasteiger partial charge on any atom is 0.328 e. The Kier molecular flexibility index (Phi) is 10.8. The van der Waals surface area contributed by atoms with E-state index in [-0.39, 0.29) is 24.3 Å². The molecule has 10 heteroatoms. The largest absolute Gasteiger partial charge is 0.478 e. The number of amides is 3. The molecule has 2 aliphatic carbocycles. The summed E-state index contributed by atoms with van der Waals surface area (Å²) in [5, 5.41) is 16.1. The van der Waals surface area contributed by atoms with E-state index in [1.54, 1.807) is 24.3 Å². The summed E-state index contributed by atoms with van der Waals surface area (Å²) in [4.78, 5) is 57.2. The van der Waals surface area contributed by atoms with E-state index in [0.29, 0.717) is 48.7 Å². The predicted octanol–water partition coefficient (Wildman–Crippen LogP) is 6.91. The van der Waals surface area contributed by atoms with Crippen molar-refractivity contribution in [3.05, 3.63) is 95.6 Å². The molecule has 3 amide bonds. The lowest BCUT2D eigenvalue weighted by Gasteiger charge is -2.32. The fraction of sp³-hybridized carbons (Fsp3) is 0.395. The molecule has 3 aromatic carbocycles. The van der Waals surface area contributed by atoms with Crippen molar-refractivity contribution in [3.8, 4) is 11.3 Å². The van der Waals surface area contributed by atoms with E-state index in [2.05, 4.69) is 45.3 Å². The molecule has 0 spiro atoms.